The van der Waals surface area contributed by atoms with Gasteiger partial charge in [-0.1, -0.05) is 60.7 Å². The van der Waals surface area contributed by atoms with Crippen molar-refractivity contribution in [1.82, 2.24) is 4.90 Å². The summed E-state index contributed by atoms with van der Waals surface area (Å²) < 4.78 is 5.79. The summed E-state index contributed by atoms with van der Waals surface area (Å²) in [5.74, 6) is 0.262. The first-order valence-electron chi connectivity index (χ1n) is 9.28. The van der Waals surface area contributed by atoms with Gasteiger partial charge in [-0.15, -0.1) is 0 Å². The molecule has 3 heteroatoms. The summed E-state index contributed by atoms with van der Waals surface area (Å²) in [6, 6.07) is 21.3. The lowest BCUT2D eigenvalue weighted by Gasteiger charge is -2.44. The lowest BCUT2D eigenvalue weighted by Crippen LogP contribution is -2.51. The minimum absolute atomic E-state index is 0.130. The van der Waals surface area contributed by atoms with E-state index < -0.39 is 0 Å². The maximum absolute atomic E-state index is 12.6. The molecule has 1 atom stereocenters. The first kappa shape index (κ1) is 16.3. The van der Waals surface area contributed by atoms with Crippen molar-refractivity contribution in [1.29, 1.82) is 0 Å². The second kappa shape index (κ2) is 7.01. The number of piperidine rings is 1. The van der Waals surface area contributed by atoms with Gasteiger partial charge in [-0.3, -0.25) is 4.79 Å². The molecule has 2 fully saturated rings. The molecule has 0 spiro atoms. The molecule has 2 aliphatic heterocycles. The first-order chi connectivity index (χ1) is 12.3. The Hall–Kier alpha value is -2.13. The summed E-state index contributed by atoms with van der Waals surface area (Å²) >= 11 is 0. The average molecular weight is 335 g/mol. The molecule has 0 aliphatic carbocycles. The Morgan fingerprint density at radius 2 is 1.64 bits per heavy atom. The number of nitrogens with zero attached hydrogens (tertiary/aromatic N) is 1. The molecule has 0 saturated carbocycles. The molecule has 0 N–H and O–H groups in total. The molecule has 0 aromatic heterocycles. The van der Waals surface area contributed by atoms with Crippen molar-refractivity contribution in [3.63, 3.8) is 0 Å². The molecule has 2 aromatic carbocycles. The number of benzene rings is 2. The Balaban J connectivity index is 1.69. The Kier molecular flexibility index (Phi) is 4.58. The van der Waals surface area contributed by atoms with E-state index in [1.807, 2.05) is 4.90 Å². The van der Waals surface area contributed by atoms with Crippen LogP contribution in [-0.2, 0) is 14.9 Å². The maximum Gasteiger partial charge on any atom is 0.222 e. The minimum atomic E-state index is -0.130. The molecule has 1 amide bonds. The number of rotatable bonds is 4. The Labute approximate surface area is 149 Å². The molecular weight excluding hydrogens is 310 g/mol. The van der Waals surface area contributed by atoms with Gasteiger partial charge >= 0.3 is 0 Å². The third-order valence-corrected chi connectivity index (χ3v) is 5.68. The van der Waals surface area contributed by atoms with Crippen LogP contribution < -0.4 is 0 Å². The fraction of sp³-hybridized carbons (Fsp3) is 0.409. The number of amides is 1. The average Bonchev–Trinajstić information content (AvgIpc) is 3.18. The Morgan fingerprint density at radius 3 is 2.20 bits per heavy atom. The van der Waals surface area contributed by atoms with Crippen molar-refractivity contribution >= 4 is 5.91 Å². The molecule has 2 aromatic rings. The van der Waals surface area contributed by atoms with E-state index in [-0.39, 0.29) is 17.4 Å². The van der Waals surface area contributed by atoms with Gasteiger partial charge in [-0.2, -0.15) is 0 Å². The van der Waals surface area contributed by atoms with Crippen LogP contribution >= 0.6 is 0 Å². The highest BCUT2D eigenvalue weighted by molar-refractivity contribution is 5.78. The number of hydrogen-bond donors (Lipinski definition) is 0. The van der Waals surface area contributed by atoms with Crippen LogP contribution in [0, 0.1) is 0 Å². The van der Waals surface area contributed by atoms with Gasteiger partial charge in [0.25, 0.3) is 0 Å². The van der Waals surface area contributed by atoms with Crippen LogP contribution in [0.1, 0.15) is 36.8 Å². The van der Waals surface area contributed by atoms with Gasteiger partial charge in [-0.25, -0.2) is 0 Å². The van der Waals surface area contributed by atoms with E-state index in [0.717, 1.165) is 39.0 Å². The lowest BCUT2D eigenvalue weighted by atomic mass is 9.69. The van der Waals surface area contributed by atoms with E-state index in [2.05, 4.69) is 60.7 Å². The van der Waals surface area contributed by atoms with Crippen LogP contribution in [0.15, 0.2) is 60.7 Å². The number of hydrogen-bond acceptors (Lipinski definition) is 2. The first-order valence-corrected chi connectivity index (χ1v) is 9.28. The summed E-state index contributed by atoms with van der Waals surface area (Å²) in [7, 11) is 0. The monoisotopic (exact) mass is 335 g/mol. The van der Waals surface area contributed by atoms with Crippen LogP contribution in [0.25, 0.3) is 0 Å². The minimum Gasteiger partial charge on any atom is -0.376 e. The van der Waals surface area contributed by atoms with Crippen molar-refractivity contribution in [2.75, 3.05) is 19.7 Å². The second-order valence-corrected chi connectivity index (χ2v) is 7.22. The van der Waals surface area contributed by atoms with E-state index in [1.54, 1.807) is 0 Å². The van der Waals surface area contributed by atoms with Gasteiger partial charge in [-0.05, 0) is 30.4 Å². The molecule has 0 radical (unpaired) electrons. The maximum atomic E-state index is 12.6. The van der Waals surface area contributed by atoms with Gasteiger partial charge < -0.3 is 9.64 Å². The number of carbonyl (C=O) groups excluding carboxylic acids is 1. The predicted octanol–water partition coefficient (Wildman–Crippen LogP) is 3.77. The second-order valence-electron chi connectivity index (χ2n) is 7.22. The summed E-state index contributed by atoms with van der Waals surface area (Å²) in [4.78, 5) is 14.6. The molecule has 2 heterocycles. The van der Waals surface area contributed by atoms with Crippen LogP contribution in [-0.4, -0.2) is 36.6 Å². The number of carbonyl (C=O) groups is 1. The van der Waals surface area contributed by atoms with Crippen molar-refractivity contribution in [2.45, 2.75) is 37.2 Å². The Bertz CT molecular complexity index is 668. The molecule has 3 nitrogen and oxygen atoms in total. The normalized spacial score (nSPS) is 23.0. The summed E-state index contributed by atoms with van der Waals surface area (Å²) in [5.41, 5.74) is 2.46. The highest BCUT2D eigenvalue weighted by Crippen LogP contribution is 2.40. The van der Waals surface area contributed by atoms with Crippen LogP contribution in [0.5, 0.6) is 0 Å². The smallest absolute Gasteiger partial charge is 0.222 e. The molecule has 130 valence electrons. The van der Waals surface area contributed by atoms with Crippen molar-refractivity contribution in [3.8, 4) is 0 Å². The van der Waals surface area contributed by atoms with E-state index >= 15 is 0 Å². The number of ether oxygens (including phenoxy) is 1. The summed E-state index contributed by atoms with van der Waals surface area (Å²) in [5, 5.41) is 0. The van der Waals surface area contributed by atoms with Crippen molar-refractivity contribution in [3.05, 3.63) is 71.8 Å². The van der Waals surface area contributed by atoms with Gasteiger partial charge in [0.2, 0.25) is 5.91 Å². The molecule has 0 unspecified atom stereocenters. The standard InChI is InChI=1S/C22H25NO2/c24-21-13-14-22(18-8-3-1-4-9-18,19-10-5-2-6-11-19)17-23(21)16-20-12-7-15-25-20/h1-6,8-11,20H,7,12-17H2/t20-/m0/s1. The molecule has 2 saturated heterocycles. The topological polar surface area (TPSA) is 29.5 Å². The van der Waals surface area contributed by atoms with Gasteiger partial charge in [0.1, 0.15) is 0 Å². The summed E-state index contributed by atoms with van der Waals surface area (Å²) in [6.45, 7) is 2.29. The van der Waals surface area contributed by atoms with Gasteiger partial charge in [0.15, 0.2) is 0 Å². The van der Waals surface area contributed by atoms with Crippen molar-refractivity contribution in [2.24, 2.45) is 0 Å². The van der Waals surface area contributed by atoms with E-state index in [1.165, 1.54) is 11.1 Å². The highest BCUT2D eigenvalue weighted by atomic mass is 16.5. The zero-order valence-corrected chi connectivity index (χ0v) is 14.6. The van der Waals surface area contributed by atoms with Crippen molar-refractivity contribution < 1.29 is 9.53 Å². The Morgan fingerprint density at radius 1 is 1.00 bits per heavy atom. The van der Waals surface area contributed by atoms with E-state index in [9.17, 15) is 4.79 Å². The number of likely N-dealkylation sites (tertiary alicyclic amines) is 1. The summed E-state index contributed by atoms with van der Waals surface area (Å²) in [6.07, 6.45) is 3.83. The molecule has 4 rings (SSSR count). The third-order valence-electron chi connectivity index (χ3n) is 5.68. The molecular formula is C22H25NO2. The largest absolute Gasteiger partial charge is 0.376 e. The van der Waals surface area contributed by atoms with Crippen LogP contribution in [0.2, 0.25) is 0 Å². The fourth-order valence-corrected chi connectivity index (χ4v) is 4.32. The predicted molar refractivity (Wildman–Crippen MR) is 98.5 cm³/mol. The highest BCUT2D eigenvalue weighted by Gasteiger charge is 2.42. The quantitative estimate of drug-likeness (QED) is 0.851. The zero-order chi connectivity index (χ0) is 17.1. The lowest BCUT2D eigenvalue weighted by molar-refractivity contribution is -0.136. The zero-order valence-electron chi connectivity index (χ0n) is 14.6. The third kappa shape index (κ3) is 3.21. The van der Waals surface area contributed by atoms with E-state index in [0.29, 0.717) is 6.42 Å². The van der Waals surface area contributed by atoms with Gasteiger partial charge in [0, 0.05) is 31.5 Å². The van der Waals surface area contributed by atoms with E-state index in [4.69, 9.17) is 4.74 Å². The molecule has 0 bridgehead atoms. The fourth-order valence-electron chi connectivity index (χ4n) is 4.32. The van der Waals surface area contributed by atoms with Crippen LogP contribution in [0.3, 0.4) is 0 Å². The molecule has 25 heavy (non-hydrogen) atoms. The van der Waals surface area contributed by atoms with Crippen LogP contribution in [0.4, 0.5) is 0 Å². The van der Waals surface area contributed by atoms with Gasteiger partial charge in [0.05, 0.1) is 6.10 Å². The SMILES string of the molecule is O=C1CCC(c2ccccc2)(c2ccccc2)CN1C[C@@H]1CCCO1. The molecule has 2 aliphatic rings.